The highest BCUT2D eigenvalue weighted by atomic mass is 16.3. The van der Waals surface area contributed by atoms with Gasteiger partial charge in [0.2, 0.25) is 5.91 Å². The minimum atomic E-state index is -2.64. The number of aromatic hydroxyl groups is 1. The number of amides is 1. The van der Waals surface area contributed by atoms with E-state index in [-0.39, 0.29) is 17.7 Å². The first-order valence-electron chi connectivity index (χ1n) is 11.3. The second-order valence-electron chi connectivity index (χ2n) is 10.3. The number of Topliss-reactive ketones (excluding diaryl/α,β-unsaturated/α-hetero) is 3. The molecule has 10 nitrogen and oxygen atoms in total. The van der Waals surface area contributed by atoms with Crippen LogP contribution in [-0.2, 0) is 27.3 Å². The van der Waals surface area contributed by atoms with Gasteiger partial charge in [0.1, 0.15) is 11.7 Å². The van der Waals surface area contributed by atoms with Gasteiger partial charge in [-0.25, -0.2) is 0 Å². The predicted octanol–water partition coefficient (Wildman–Crippen LogP) is -1.28. The Kier molecular flexibility index (Phi) is 5.92. The number of phenolic OH excluding ortho intramolecular Hbond substituents is 1. The van der Waals surface area contributed by atoms with Crippen LogP contribution in [-0.4, -0.2) is 94.3 Å². The minimum Gasteiger partial charge on any atom is -0.507 e. The van der Waals surface area contributed by atoms with Crippen LogP contribution in [0.2, 0.25) is 0 Å². The zero-order valence-electron chi connectivity index (χ0n) is 19.7. The van der Waals surface area contributed by atoms with Crippen molar-refractivity contribution in [2.45, 2.75) is 37.1 Å². The van der Waals surface area contributed by atoms with Crippen molar-refractivity contribution in [1.82, 2.24) is 9.80 Å². The first-order valence-corrected chi connectivity index (χ1v) is 11.3. The molecule has 4 rings (SSSR count). The number of nitrogens with two attached hydrogens (primary N) is 1. The molecule has 0 aliphatic heterocycles. The van der Waals surface area contributed by atoms with Crippen LogP contribution in [0, 0.1) is 23.7 Å². The summed E-state index contributed by atoms with van der Waals surface area (Å²) in [5, 5.41) is 32.9. The highest BCUT2D eigenvalue weighted by molar-refractivity contribution is 6.25. The molecule has 2 saturated carbocycles. The maximum Gasteiger partial charge on any atom is 0.230 e. The summed E-state index contributed by atoms with van der Waals surface area (Å²) in [6, 6.07) is 2.25. The molecule has 184 valence electrons. The predicted molar refractivity (Wildman–Crippen MR) is 120 cm³/mol. The van der Waals surface area contributed by atoms with Gasteiger partial charge in [0.25, 0.3) is 0 Å². The Morgan fingerprint density at radius 2 is 1.79 bits per heavy atom. The summed E-state index contributed by atoms with van der Waals surface area (Å²) in [7, 11) is 6.99. The molecule has 5 N–H and O–H groups in total. The lowest BCUT2D eigenvalue weighted by Crippen LogP contribution is -2.75. The first kappa shape index (κ1) is 24.5. The topological polar surface area (TPSA) is 161 Å². The number of hydrogen-bond acceptors (Lipinski definition) is 9. The molecule has 0 bridgehead atoms. The second kappa shape index (κ2) is 8.23. The van der Waals surface area contributed by atoms with Crippen molar-refractivity contribution in [3.05, 3.63) is 28.8 Å². The number of benzene rings is 1. The normalized spacial score (nSPS) is 35.2. The van der Waals surface area contributed by atoms with Crippen LogP contribution >= 0.6 is 0 Å². The third-order valence-electron chi connectivity index (χ3n) is 7.76. The molecule has 10 heteroatoms. The Morgan fingerprint density at radius 3 is 2.35 bits per heavy atom. The van der Waals surface area contributed by atoms with Gasteiger partial charge < -0.3 is 30.9 Å². The van der Waals surface area contributed by atoms with Crippen molar-refractivity contribution in [3.63, 3.8) is 0 Å². The van der Waals surface area contributed by atoms with E-state index in [4.69, 9.17) is 5.73 Å². The molecule has 1 aromatic rings. The van der Waals surface area contributed by atoms with Crippen LogP contribution in [0.4, 0.5) is 0 Å². The Labute approximate surface area is 197 Å². The lowest BCUT2D eigenvalue weighted by atomic mass is 9.52. The maximum absolute atomic E-state index is 13.7. The van der Waals surface area contributed by atoms with E-state index < -0.39 is 64.7 Å². The van der Waals surface area contributed by atoms with Gasteiger partial charge in [-0.05, 0) is 64.1 Å². The van der Waals surface area contributed by atoms with Crippen molar-refractivity contribution in [1.29, 1.82) is 0 Å². The van der Waals surface area contributed by atoms with E-state index in [2.05, 4.69) is 0 Å². The van der Waals surface area contributed by atoms with Gasteiger partial charge in [0.05, 0.1) is 17.6 Å². The van der Waals surface area contributed by atoms with E-state index in [0.717, 1.165) is 5.56 Å². The SMILES string of the molecule is CN(C)Cc1ccc(O)c2c1C[C@@H]1C[C@@H]3C(N(C)C)C(O)C(C(N)=O)C(=O)[C@]3(O)C(=O)C1C2=O. The lowest BCUT2D eigenvalue weighted by molar-refractivity contribution is -0.190. The fraction of sp³-hybridized carbons (Fsp3) is 0.583. The van der Waals surface area contributed by atoms with Crippen LogP contribution in [0.5, 0.6) is 5.75 Å². The van der Waals surface area contributed by atoms with Gasteiger partial charge in [-0.3, -0.25) is 19.2 Å². The standard InChI is InChI=1S/C24H31N3O7/c1-26(2)9-10-5-6-14(28)16-12(10)7-11-8-13-18(27(3)4)20(30)17(23(25)33)22(32)24(13,34)21(31)15(11)19(16)29/h5-6,11,13,15,17-18,20,28,30,34H,7-9H2,1-4H3,(H2,25,33)/t11-,13-,15?,17?,18?,20?,24-/m1/s1. The van der Waals surface area contributed by atoms with E-state index in [1.807, 2.05) is 19.0 Å². The quantitative estimate of drug-likeness (QED) is 0.390. The summed E-state index contributed by atoms with van der Waals surface area (Å²) >= 11 is 0. The number of ketones is 3. The summed E-state index contributed by atoms with van der Waals surface area (Å²) < 4.78 is 0. The molecule has 3 aliphatic rings. The summed E-state index contributed by atoms with van der Waals surface area (Å²) in [5.41, 5.74) is 4.26. The zero-order chi connectivity index (χ0) is 25.3. The van der Waals surface area contributed by atoms with Gasteiger partial charge in [-0.1, -0.05) is 6.07 Å². The van der Waals surface area contributed by atoms with Gasteiger partial charge in [-0.15, -0.1) is 0 Å². The van der Waals surface area contributed by atoms with E-state index in [9.17, 15) is 34.5 Å². The van der Waals surface area contributed by atoms with Gasteiger partial charge >= 0.3 is 0 Å². The van der Waals surface area contributed by atoms with Crippen LogP contribution < -0.4 is 5.73 Å². The van der Waals surface area contributed by atoms with Crippen molar-refractivity contribution < 1.29 is 34.5 Å². The first-order chi connectivity index (χ1) is 15.8. The molecule has 2 fully saturated rings. The molecule has 0 saturated heterocycles. The van der Waals surface area contributed by atoms with Crippen LogP contribution in [0.1, 0.15) is 27.9 Å². The fourth-order valence-corrected chi connectivity index (χ4v) is 6.38. The smallest absolute Gasteiger partial charge is 0.230 e. The summed E-state index contributed by atoms with van der Waals surface area (Å²) in [6.07, 6.45) is -1.10. The lowest BCUT2D eigenvalue weighted by Gasteiger charge is -2.54. The molecule has 3 aliphatic carbocycles. The van der Waals surface area contributed by atoms with Gasteiger partial charge in [0, 0.05) is 18.5 Å². The monoisotopic (exact) mass is 473 g/mol. The fourth-order valence-electron chi connectivity index (χ4n) is 6.38. The number of rotatable bonds is 4. The number of primary amides is 1. The Morgan fingerprint density at radius 1 is 1.15 bits per heavy atom. The molecule has 1 amide bonds. The van der Waals surface area contributed by atoms with E-state index in [1.54, 1.807) is 25.1 Å². The second-order valence-corrected chi connectivity index (χ2v) is 10.3. The van der Waals surface area contributed by atoms with Crippen LogP contribution in [0.25, 0.3) is 0 Å². The number of aliphatic hydroxyl groups excluding tert-OH is 1. The third kappa shape index (κ3) is 3.31. The number of nitrogens with zero attached hydrogens (tertiary/aromatic N) is 2. The van der Waals surface area contributed by atoms with Gasteiger partial charge in [0.15, 0.2) is 23.0 Å². The van der Waals surface area contributed by atoms with Crippen LogP contribution in [0.3, 0.4) is 0 Å². The zero-order valence-corrected chi connectivity index (χ0v) is 19.7. The number of phenols is 1. The van der Waals surface area contributed by atoms with Crippen molar-refractivity contribution in [2.24, 2.45) is 29.4 Å². The highest BCUT2D eigenvalue weighted by Crippen LogP contribution is 2.51. The third-order valence-corrected chi connectivity index (χ3v) is 7.76. The minimum absolute atomic E-state index is 0.0369. The number of hydrogen-bond donors (Lipinski definition) is 4. The molecular weight excluding hydrogens is 442 g/mol. The molecule has 0 heterocycles. The molecule has 4 unspecified atom stereocenters. The van der Waals surface area contributed by atoms with E-state index in [0.29, 0.717) is 18.5 Å². The molecule has 7 atom stereocenters. The Hall–Kier alpha value is -2.66. The molecule has 1 aromatic carbocycles. The number of likely N-dealkylation sites (N-methyl/N-ethyl adjacent to an activating group) is 1. The maximum atomic E-state index is 13.7. The molecule has 0 aromatic heterocycles. The molecule has 34 heavy (non-hydrogen) atoms. The summed E-state index contributed by atoms with van der Waals surface area (Å²) in [5.74, 6) is -8.87. The highest BCUT2D eigenvalue weighted by Gasteiger charge is 2.69. The Bertz CT molecular complexity index is 1080. The largest absolute Gasteiger partial charge is 0.507 e. The molecular formula is C24H31N3O7. The molecule has 0 radical (unpaired) electrons. The number of carbonyl (C=O) groups is 4. The van der Waals surface area contributed by atoms with Crippen LogP contribution in [0.15, 0.2) is 12.1 Å². The number of aliphatic hydroxyl groups is 2. The van der Waals surface area contributed by atoms with Crippen molar-refractivity contribution in [3.8, 4) is 5.75 Å². The average Bonchev–Trinajstić information content (AvgIpc) is 2.72. The summed E-state index contributed by atoms with van der Waals surface area (Å²) in [4.78, 5) is 56.1. The Balaban J connectivity index is 1.85. The van der Waals surface area contributed by atoms with Crippen molar-refractivity contribution >= 4 is 23.3 Å². The van der Waals surface area contributed by atoms with E-state index >= 15 is 0 Å². The molecule has 0 spiro atoms. The van der Waals surface area contributed by atoms with E-state index in [1.165, 1.54) is 6.07 Å². The van der Waals surface area contributed by atoms with Gasteiger partial charge in [-0.2, -0.15) is 0 Å². The average molecular weight is 474 g/mol. The van der Waals surface area contributed by atoms with Crippen molar-refractivity contribution in [2.75, 3.05) is 28.2 Å². The number of carbonyl (C=O) groups excluding carboxylic acids is 4. The number of fused-ring (bicyclic) bond motifs is 3. The summed E-state index contributed by atoms with van der Waals surface area (Å²) in [6.45, 7) is 0.520.